The van der Waals surface area contributed by atoms with Crippen molar-refractivity contribution in [2.75, 3.05) is 26.4 Å². The summed E-state index contributed by atoms with van der Waals surface area (Å²) in [5.74, 6) is 2.59. The lowest BCUT2D eigenvalue weighted by molar-refractivity contribution is 0.174. The highest BCUT2D eigenvalue weighted by atomic mass is 32.1. The predicted molar refractivity (Wildman–Crippen MR) is 111 cm³/mol. The molecule has 5 nitrogen and oxygen atoms in total. The molecule has 2 aliphatic rings. The molecule has 2 aliphatic heterocycles. The van der Waals surface area contributed by atoms with E-state index in [0.29, 0.717) is 18.6 Å². The van der Waals surface area contributed by atoms with E-state index in [1.165, 1.54) is 5.56 Å². The summed E-state index contributed by atoms with van der Waals surface area (Å²) in [5.41, 5.74) is 9.65. The molecule has 0 aliphatic carbocycles. The lowest BCUT2D eigenvalue weighted by Crippen LogP contribution is -2.23. The van der Waals surface area contributed by atoms with Gasteiger partial charge in [-0.15, -0.1) is 11.3 Å². The van der Waals surface area contributed by atoms with Crippen molar-refractivity contribution in [2.45, 2.75) is 12.5 Å². The maximum Gasteiger partial charge on any atom is 0.231 e. The zero-order chi connectivity index (χ0) is 18.9. The van der Waals surface area contributed by atoms with Crippen LogP contribution in [0.5, 0.6) is 11.5 Å². The number of rotatable bonds is 5. The first kappa shape index (κ1) is 17.7. The van der Waals surface area contributed by atoms with Crippen LogP contribution in [-0.2, 0) is 6.54 Å². The van der Waals surface area contributed by atoms with Crippen molar-refractivity contribution >= 4 is 11.3 Å². The van der Waals surface area contributed by atoms with Crippen molar-refractivity contribution < 1.29 is 9.47 Å². The number of benzene rings is 2. The van der Waals surface area contributed by atoms with Crippen molar-refractivity contribution in [2.24, 2.45) is 11.7 Å². The molecule has 144 valence electrons. The molecule has 0 bridgehead atoms. The molecule has 3 aromatic rings. The third-order valence-electron chi connectivity index (χ3n) is 5.60. The van der Waals surface area contributed by atoms with E-state index in [0.717, 1.165) is 53.9 Å². The highest BCUT2D eigenvalue weighted by molar-refractivity contribution is 7.13. The molecule has 2 N–H and O–H groups in total. The Morgan fingerprint density at radius 2 is 1.93 bits per heavy atom. The minimum absolute atomic E-state index is 0.293. The first-order chi connectivity index (χ1) is 13.8. The fraction of sp³-hybridized carbons (Fsp3) is 0.318. The van der Waals surface area contributed by atoms with E-state index in [4.69, 9.17) is 20.2 Å². The van der Waals surface area contributed by atoms with Crippen molar-refractivity contribution in [3.63, 3.8) is 0 Å². The second-order valence-corrected chi connectivity index (χ2v) is 8.28. The van der Waals surface area contributed by atoms with Gasteiger partial charge in [0.2, 0.25) is 6.79 Å². The van der Waals surface area contributed by atoms with E-state index < -0.39 is 0 Å². The molecule has 2 atom stereocenters. The molecule has 0 radical (unpaired) electrons. The monoisotopic (exact) mass is 393 g/mol. The second-order valence-electron chi connectivity index (χ2n) is 7.42. The quantitative estimate of drug-likeness (QED) is 0.716. The summed E-state index contributed by atoms with van der Waals surface area (Å²) in [4.78, 5) is 7.35. The summed E-state index contributed by atoms with van der Waals surface area (Å²) in [6, 6.07) is 16.7. The number of fused-ring (bicyclic) bond motifs is 1. The first-order valence-electron chi connectivity index (χ1n) is 9.62. The summed E-state index contributed by atoms with van der Waals surface area (Å²) in [6.45, 7) is 3.92. The largest absolute Gasteiger partial charge is 0.454 e. The first-order valence-corrected chi connectivity index (χ1v) is 10.5. The van der Waals surface area contributed by atoms with Gasteiger partial charge in [0.1, 0.15) is 5.01 Å². The van der Waals surface area contributed by atoms with E-state index in [-0.39, 0.29) is 0 Å². The van der Waals surface area contributed by atoms with Crippen LogP contribution in [0.15, 0.2) is 53.9 Å². The summed E-state index contributed by atoms with van der Waals surface area (Å²) >= 11 is 1.68. The topological polar surface area (TPSA) is 60.6 Å². The number of aromatic nitrogens is 1. The van der Waals surface area contributed by atoms with Gasteiger partial charge in [0.25, 0.3) is 0 Å². The molecule has 0 spiro atoms. The van der Waals surface area contributed by atoms with Crippen LogP contribution in [0, 0.1) is 5.92 Å². The Kier molecular flexibility index (Phi) is 4.76. The van der Waals surface area contributed by atoms with Crippen LogP contribution < -0.4 is 15.2 Å². The normalized spacial score (nSPS) is 21.3. The molecule has 0 amide bonds. The zero-order valence-corrected chi connectivity index (χ0v) is 16.4. The standard InChI is InChI=1S/C22H23N3O2S/c23-9-17-10-25(12-19(17)15-4-2-1-3-5-15)11-18-13-28-22(24-18)16-6-7-20-21(8-16)27-14-26-20/h1-8,13,17,19H,9-12,14,23H2/t17-,19+/m1/s1. The highest BCUT2D eigenvalue weighted by Gasteiger charge is 2.33. The molecule has 0 unspecified atom stereocenters. The average Bonchev–Trinajstić information content (AvgIpc) is 3.47. The third-order valence-corrected chi connectivity index (χ3v) is 6.54. The van der Waals surface area contributed by atoms with E-state index >= 15 is 0 Å². The Labute approximate surface area is 168 Å². The zero-order valence-electron chi connectivity index (χ0n) is 15.6. The van der Waals surface area contributed by atoms with Gasteiger partial charge in [-0.2, -0.15) is 0 Å². The molecule has 0 saturated carbocycles. The Morgan fingerprint density at radius 3 is 2.79 bits per heavy atom. The molecule has 28 heavy (non-hydrogen) atoms. The maximum atomic E-state index is 6.08. The second kappa shape index (κ2) is 7.54. The van der Waals surface area contributed by atoms with Crippen LogP contribution in [0.3, 0.4) is 0 Å². The number of hydrogen-bond acceptors (Lipinski definition) is 6. The van der Waals surface area contributed by atoms with Crippen molar-refractivity contribution in [1.82, 2.24) is 9.88 Å². The molecular formula is C22H23N3O2S. The summed E-state index contributed by atoms with van der Waals surface area (Å²) in [7, 11) is 0. The van der Waals surface area contributed by atoms with Crippen LogP contribution in [0.4, 0.5) is 0 Å². The van der Waals surface area contributed by atoms with Crippen LogP contribution in [0.2, 0.25) is 0 Å². The van der Waals surface area contributed by atoms with Crippen molar-refractivity contribution in [3.8, 4) is 22.1 Å². The number of nitrogens with two attached hydrogens (primary N) is 1. The maximum absolute atomic E-state index is 6.08. The van der Waals surface area contributed by atoms with Gasteiger partial charge in [0, 0.05) is 36.5 Å². The lowest BCUT2D eigenvalue weighted by Gasteiger charge is -2.16. The fourth-order valence-corrected chi connectivity index (χ4v) is 4.99. The van der Waals surface area contributed by atoms with Crippen LogP contribution in [-0.4, -0.2) is 36.3 Å². The van der Waals surface area contributed by atoms with Crippen molar-refractivity contribution in [1.29, 1.82) is 0 Å². The molecule has 1 saturated heterocycles. The molecule has 1 fully saturated rings. The lowest BCUT2D eigenvalue weighted by atomic mass is 9.89. The Hall–Kier alpha value is -2.41. The summed E-state index contributed by atoms with van der Waals surface area (Å²) in [5, 5.41) is 3.18. The molecule has 2 aromatic carbocycles. The van der Waals surface area contributed by atoms with Gasteiger partial charge in [-0.25, -0.2) is 4.98 Å². The molecule has 3 heterocycles. The number of nitrogens with zero attached hydrogens (tertiary/aromatic N) is 2. The summed E-state index contributed by atoms with van der Waals surface area (Å²) < 4.78 is 10.9. The van der Waals surface area contributed by atoms with Gasteiger partial charge < -0.3 is 15.2 Å². The predicted octanol–water partition coefficient (Wildman–Crippen LogP) is 3.71. The van der Waals surface area contributed by atoms with E-state index in [1.54, 1.807) is 11.3 Å². The third kappa shape index (κ3) is 3.39. The molecule has 6 heteroatoms. The molecular weight excluding hydrogens is 370 g/mol. The van der Waals surface area contributed by atoms with Gasteiger partial charge in [-0.3, -0.25) is 4.90 Å². The van der Waals surface area contributed by atoms with Crippen LogP contribution in [0.25, 0.3) is 10.6 Å². The number of thiazole rings is 1. The molecule has 1 aromatic heterocycles. The van der Waals surface area contributed by atoms with Gasteiger partial charge >= 0.3 is 0 Å². The molecule has 5 rings (SSSR count). The number of likely N-dealkylation sites (tertiary alicyclic amines) is 1. The van der Waals surface area contributed by atoms with Crippen LogP contribution >= 0.6 is 11.3 Å². The average molecular weight is 394 g/mol. The number of ether oxygens (including phenoxy) is 2. The van der Waals surface area contributed by atoms with E-state index in [9.17, 15) is 0 Å². The smallest absolute Gasteiger partial charge is 0.231 e. The summed E-state index contributed by atoms with van der Waals surface area (Å²) in [6.07, 6.45) is 0. The van der Waals surface area contributed by atoms with Crippen molar-refractivity contribution in [3.05, 3.63) is 65.2 Å². The SMILES string of the molecule is NC[C@@H]1CN(Cc2csc(-c3ccc4c(c3)OCO4)n2)C[C@H]1c1ccccc1. The highest BCUT2D eigenvalue weighted by Crippen LogP contribution is 2.37. The Bertz CT molecular complexity index is 959. The Morgan fingerprint density at radius 1 is 1.07 bits per heavy atom. The van der Waals surface area contributed by atoms with Gasteiger partial charge in [0.15, 0.2) is 11.5 Å². The van der Waals surface area contributed by atoms with Gasteiger partial charge in [-0.05, 0) is 36.2 Å². The van der Waals surface area contributed by atoms with Gasteiger partial charge in [0.05, 0.1) is 5.69 Å². The Balaban J connectivity index is 1.30. The fourth-order valence-electron chi connectivity index (χ4n) is 4.18. The van der Waals surface area contributed by atoms with Gasteiger partial charge in [-0.1, -0.05) is 30.3 Å². The minimum atomic E-state index is 0.293. The van der Waals surface area contributed by atoms with E-state index in [1.807, 2.05) is 18.2 Å². The number of hydrogen-bond donors (Lipinski definition) is 1. The van der Waals surface area contributed by atoms with Crippen LogP contribution in [0.1, 0.15) is 17.2 Å². The van der Waals surface area contributed by atoms with E-state index in [2.05, 4.69) is 40.6 Å². The minimum Gasteiger partial charge on any atom is -0.454 e.